The van der Waals surface area contributed by atoms with E-state index in [2.05, 4.69) is 26.6 Å². The van der Waals surface area contributed by atoms with Crippen LogP contribution in [0.2, 0.25) is 0 Å². The van der Waals surface area contributed by atoms with Crippen molar-refractivity contribution >= 4 is 29.5 Å². The molecule has 1 aromatic carbocycles. The Balaban J connectivity index is 3.06. The van der Waals surface area contributed by atoms with Crippen molar-refractivity contribution in [3.63, 3.8) is 0 Å². The van der Waals surface area contributed by atoms with Gasteiger partial charge in [-0.3, -0.25) is 24.0 Å². The molecule has 0 unspecified atom stereocenters. The Labute approximate surface area is 274 Å². The van der Waals surface area contributed by atoms with Gasteiger partial charge in [0.1, 0.15) is 23.9 Å². The lowest BCUT2D eigenvalue weighted by Crippen LogP contribution is -2.57. The Hall–Kier alpha value is -3.67. The Kier molecular flexibility index (Phi) is 17.9. The lowest BCUT2D eigenvalue weighted by Gasteiger charge is -2.29. The van der Waals surface area contributed by atoms with Gasteiger partial charge in [-0.15, -0.1) is 0 Å². The van der Waals surface area contributed by atoms with Crippen molar-refractivity contribution in [1.82, 2.24) is 26.6 Å². The summed E-state index contributed by atoms with van der Waals surface area (Å²) in [7, 11) is 1.50. The van der Waals surface area contributed by atoms with E-state index >= 15 is 0 Å². The van der Waals surface area contributed by atoms with Crippen LogP contribution in [0.5, 0.6) is 5.75 Å². The van der Waals surface area contributed by atoms with Crippen molar-refractivity contribution in [1.29, 1.82) is 0 Å². The predicted octanol–water partition coefficient (Wildman–Crippen LogP) is 2.68. The molecule has 1 aromatic rings. The summed E-state index contributed by atoms with van der Waals surface area (Å²) < 4.78 is 5.21. The van der Waals surface area contributed by atoms with Crippen LogP contribution in [0.25, 0.3) is 0 Å². The minimum atomic E-state index is -1.23. The van der Waals surface area contributed by atoms with Gasteiger partial charge in [-0.1, -0.05) is 61.0 Å². The molecule has 0 saturated carbocycles. The number of aliphatic hydroxyl groups is 1. The van der Waals surface area contributed by atoms with Gasteiger partial charge in [-0.2, -0.15) is 0 Å². The fourth-order valence-corrected chi connectivity index (χ4v) is 5.03. The molecule has 1 rings (SSSR count). The Morgan fingerprint density at radius 3 is 1.98 bits per heavy atom. The highest BCUT2D eigenvalue weighted by atomic mass is 16.5. The molecule has 12 heteroatoms. The van der Waals surface area contributed by atoms with Gasteiger partial charge >= 0.3 is 0 Å². The van der Waals surface area contributed by atoms with E-state index in [-0.39, 0.29) is 30.1 Å². The highest BCUT2D eigenvalue weighted by molar-refractivity contribution is 5.98. The smallest absolute Gasteiger partial charge is 0.252 e. The van der Waals surface area contributed by atoms with Crippen LogP contribution >= 0.6 is 0 Å². The van der Waals surface area contributed by atoms with E-state index < -0.39 is 53.9 Å². The van der Waals surface area contributed by atoms with Crippen molar-refractivity contribution in [2.45, 2.75) is 118 Å². The summed E-state index contributed by atoms with van der Waals surface area (Å²) in [6.07, 6.45) is 0.0753. The predicted molar refractivity (Wildman–Crippen MR) is 178 cm³/mol. The van der Waals surface area contributed by atoms with Gasteiger partial charge in [0.05, 0.1) is 25.7 Å². The number of rotatable bonds is 20. The number of hydrogen-bond donors (Lipinski definition) is 6. The van der Waals surface area contributed by atoms with Crippen LogP contribution in [0.1, 0.15) is 97.9 Å². The van der Waals surface area contributed by atoms with Gasteiger partial charge in [0.25, 0.3) is 5.91 Å². The first-order chi connectivity index (χ1) is 21.6. The zero-order valence-electron chi connectivity index (χ0n) is 29.1. The van der Waals surface area contributed by atoms with Gasteiger partial charge in [-0.05, 0) is 62.1 Å². The fraction of sp³-hybridized carbons (Fsp3) is 0.676. The molecule has 12 nitrogen and oxygen atoms in total. The summed E-state index contributed by atoms with van der Waals surface area (Å²) in [6.45, 7) is 15.5. The van der Waals surface area contributed by atoms with E-state index in [0.717, 1.165) is 0 Å². The second kappa shape index (κ2) is 20.5. The lowest BCUT2D eigenvalue weighted by molar-refractivity contribution is -0.132. The second-order valence-electron chi connectivity index (χ2n) is 12.9. The zero-order valence-corrected chi connectivity index (χ0v) is 29.1. The van der Waals surface area contributed by atoms with Crippen LogP contribution in [0.15, 0.2) is 24.3 Å². The number of carbonyl (C=O) groups excluding carboxylic acids is 5. The zero-order chi connectivity index (χ0) is 35.0. The number of nitrogens with one attached hydrogen (secondary N) is 5. The van der Waals surface area contributed by atoms with Crippen LogP contribution in [0.4, 0.5) is 0 Å². The standard InChI is InChI=1S/C34H57N5O7/c1-10-13-25(36-33(44)27(17-21(5)6)38-31(42)23-14-12-15-24(18-23)46-9)32(43)37-26(16-20(3)4)28(40)19-29(41)39-30(22(7)8)34(45)35-11-2/h12,14-15,18,20-22,25-28,30,40H,10-11,13,16-17,19H2,1-9H3,(H,35,45)(H,36,44)(H,37,43)(H,38,42)(H,39,41)/t25-,26-,27-,28-,30-/m0/s1. The van der Waals surface area contributed by atoms with E-state index in [1.54, 1.807) is 31.2 Å². The molecule has 0 radical (unpaired) electrons. The Bertz CT molecular complexity index is 1140. The molecule has 0 bridgehead atoms. The molecule has 46 heavy (non-hydrogen) atoms. The monoisotopic (exact) mass is 647 g/mol. The van der Waals surface area contributed by atoms with E-state index in [1.165, 1.54) is 7.11 Å². The molecule has 0 saturated heterocycles. The number of ether oxygens (including phenoxy) is 1. The minimum Gasteiger partial charge on any atom is -0.497 e. The van der Waals surface area contributed by atoms with Crippen LogP contribution in [0.3, 0.4) is 0 Å². The average molecular weight is 648 g/mol. The van der Waals surface area contributed by atoms with E-state index in [1.807, 2.05) is 48.5 Å². The minimum absolute atomic E-state index is 0.0693. The molecule has 0 fully saturated rings. The largest absolute Gasteiger partial charge is 0.497 e. The van der Waals surface area contributed by atoms with Crippen molar-refractivity contribution in [3.05, 3.63) is 29.8 Å². The molecule has 0 spiro atoms. The number of carbonyl (C=O) groups is 5. The van der Waals surface area contributed by atoms with Gasteiger partial charge in [0.15, 0.2) is 0 Å². The average Bonchev–Trinajstić information content (AvgIpc) is 2.98. The molecule has 0 aliphatic carbocycles. The van der Waals surface area contributed by atoms with Crippen molar-refractivity contribution < 1.29 is 33.8 Å². The first kappa shape index (κ1) is 40.4. The molecular formula is C34H57N5O7. The SMILES string of the molecule is CCC[C@H](NC(=O)[C@H](CC(C)C)NC(=O)c1cccc(OC)c1)C(=O)N[C@@H](CC(C)C)[C@@H](O)CC(=O)N[C@H](C(=O)NCC)C(C)C. The fourth-order valence-electron chi connectivity index (χ4n) is 5.03. The van der Waals surface area contributed by atoms with Crippen LogP contribution < -0.4 is 31.3 Å². The Morgan fingerprint density at radius 1 is 0.804 bits per heavy atom. The summed E-state index contributed by atoms with van der Waals surface area (Å²) in [6, 6.07) is 3.23. The molecule has 5 atom stereocenters. The van der Waals surface area contributed by atoms with E-state index in [0.29, 0.717) is 43.5 Å². The van der Waals surface area contributed by atoms with Crippen LogP contribution in [0, 0.1) is 17.8 Å². The Morgan fingerprint density at radius 2 is 1.43 bits per heavy atom. The molecule has 6 N–H and O–H groups in total. The summed E-state index contributed by atoms with van der Waals surface area (Å²) in [5.74, 6) is -1.77. The maximum absolute atomic E-state index is 13.5. The van der Waals surface area contributed by atoms with Gasteiger partial charge in [0.2, 0.25) is 23.6 Å². The third-order valence-electron chi connectivity index (χ3n) is 7.40. The summed E-state index contributed by atoms with van der Waals surface area (Å²) in [4.78, 5) is 65.3. The number of aliphatic hydroxyl groups excluding tert-OH is 1. The summed E-state index contributed by atoms with van der Waals surface area (Å²) in [5, 5.41) is 24.9. The highest BCUT2D eigenvalue weighted by Gasteiger charge is 2.32. The normalized spacial score (nSPS) is 14.5. The van der Waals surface area contributed by atoms with Crippen LogP contribution in [-0.2, 0) is 19.2 Å². The number of likely N-dealkylation sites (N-methyl/N-ethyl adjacent to an activating group) is 1. The molecule has 0 aliphatic rings. The third-order valence-corrected chi connectivity index (χ3v) is 7.40. The first-order valence-corrected chi connectivity index (χ1v) is 16.4. The maximum Gasteiger partial charge on any atom is 0.252 e. The van der Waals surface area contributed by atoms with E-state index in [4.69, 9.17) is 4.74 Å². The van der Waals surface area contributed by atoms with Gasteiger partial charge in [-0.25, -0.2) is 0 Å². The number of benzene rings is 1. The second-order valence-corrected chi connectivity index (χ2v) is 12.9. The maximum atomic E-state index is 13.5. The third kappa shape index (κ3) is 14.2. The van der Waals surface area contributed by atoms with Crippen molar-refractivity contribution in [2.24, 2.45) is 17.8 Å². The number of amides is 5. The summed E-state index contributed by atoms with van der Waals surface area (Å²) in [5.41, 5.74) is 0.337. The van der Waals surface area contributed by atoms with Crippen molar-refractivity contribution in [3.8, 4) is 5.75 Å². The molecule has 260 valence electrons. The van der Waals surface area contributed by atoms with Crippen molar-refractivity contribution in [2.75, 3.05) is 13.7 Å². The first-order valence-electron chi connectivity index (χ1n) is 16.4. The topological polar surface area (TPSA) is 175 Å². The molecule has 0 aromatic heterocycles. The molecule has 5 amide bonds. The molecule has 0 heterocycles. The number of methoxy groups -OCH3 is 1. The van der Waals surface area contributed by atoms with E-state index in [9.17, 15) is 29.1 Å². The lowest BCUT2D eigenvalue weighted by atomic mass is 9.95. The van der Waals surface area contributed by atoms with Gasteiger partial charge in [0, 0.05) is 12.1 Å². The quantitative estimate of drug-likeness (QED) is 0.126. The molecular weight excluding hydrogens is 590 g/mol. The van der Waals surface area contributed by atoms with Crippen LogP contribution in [-0.4, -0.2) is 78.6 Å². The molecule has 0 aliphatic heterocycles. The highest BCUT2D eigenvalue weighted by Crippen LogP contribution is 2.15. The van der Waals surface area contributed by atoms with Gasteiger partial charge < -0.3 is 36.4 Å². The number of hydrogen-bond acceptors (Lipinski definition) is 7. The summed E-state index contributed by atoms with van der Waals surface area (Å²) >= 11 is 0.